The van der Waals surface area contributed by atoms with Gasteiger partial charge in [0.05, 0.1) is 6.61 Å². The molecule has 1 aromatic rings. The second-order valence-corrected chi connectivity index (χ2v) is 3.48. The minimum Gasteiger partial charge on any atom is -0.489 e. The van der Waals surface area contributed by atoms with Gasteiger partial charge in [-0.05, 0) is 30.3 Å². The maximum absolute atomic E-state index is 11.7. The molecule has 1 aliphatic heterocycles. The highest BCUT2D eigenvalue weighted by molar-refractivity contribution is 6.30. The molecule has 0 bridgehead atoms. The van der Waals surface area contributed by atoms with Crippen molar-refractivity contribution in [1.82, 2.24) is 0 Å². The zero-order valence-corrected chi connectivity index (χ0v) is 8.25. The third-order valence-electron chi connectivity index (χ3n) is 2.04. The van der Waals surface area contributed by atoms with Gasteiger partial charge in [0.25, 0.3) is 0 Å². The summed E-state index contributed by atoms with van der Waals surface area (Å²) in [7, 11) is 0. The van der Waals surface area contributed by atoms with Crippen LogP contribution in [0.15, 0.2) is 36.1 Å². The molecule has 0 N–H and O–H groups in total. The van der Waals surface area contributed by atoms with Gasteiger partial charge in [-0.15, -0.1) is 0 Å². The summed E-state index contributed by atoms with van der Waals surface area (Å²) in [6.07, 6.45) is 2.63. The monoisotopic (exact) mass is 208 g/mol. The Morgan fingerprint density at radius 3 is 2.57 bits per heavy atom. The van der Waals surface area contributed by atoms with Gasteiger partial charge in [0.2, 0.25) is 5.78 Å². The molecule has 0 atom stereocenters. The van der Waals surface area contributed by atoms with Crippen molar-refractivity contribution in [2.75, 3.05) is 6.61 Å². The predicted molar refractivity (Wildman–Crippen MR) is 54.4 cm³/mol. The smallest absolute Gasteiger partial charge is 0.227 e. The van der Waals surface area contributed by atoms with Crippen LogP contribution >= 0.6 is 11.6 Å². The van der Waals surface area contributed by atoms with Gasteiger partial charge in [-0.25, -0.2) is 0 Å². The molecule has 1 aliphatic rings. The van der Waals surface area contributed by atoms with Gasteiger partial charge in [-0.1, -0.05) is 11.6 Å². The van der Waals surface area contributed by atoms with Crippen molar-refractivity contribution >= 4 is 17.4 Å². The molecule has 0 spiro atoms. The van der Waals surface area contributed by atoms with Crippen LogP contribution in [0.3, 0.4) is 0 Å². The average molecular weight is 209 g/mol. The maximum atomic E-state index is 11.7. The van der Waals surface area contributed by atoms with Gasteiger partial charge in [0.15, 0.2) is 5.76 Å². The molecular formula is C11H9ClO2. The van der Waals surface area contributed by atoms with E-state index in [4.69, 9.17) is 16.3 Å². The Morgan fingerprint density at radius 1 is 1.29 bits per heavy atom. The molecule has 0 fully saturated rings. The Balaban J connectivity index is 2.22. The van der Waals surface area contributed by atoms with E-state index in [1.807, 2.05) is 6.08 Å². The van der Waals surface area contributed by atoms with Gasteiger partial charge >= 0.3 is 0 Å². The Labute approximate surface area is 87.1 Å². The van der Waals surface area contributed by atoms with E-state index in [1.165, 1.54) is 0 Å². The van der Waals surface area contributed by atoms with Crippen molar-refractivity contribution in [3.63, 3.8) is 0 Å². The Kier molecular flexibility index (Phi) is 2.55. The molecule has 0 aromatic heterocycles. The number of carbonyl (C=O) groups is 1. The Morgan fingerprint density at radius 2 is 2.00 bits per heavy atom. The quantitative estimate of drug-likeness (QED) is 0.699. The van der Waals surface area contributed by atoms with E-state index in [-0.39, 0.29) is 5.78 Å². The lowest BCUT2D eigenvalue weighted by molar-refractivity contribution is 0.0942. The van der Waals surface area contributed by atoms with Crippen LogP contribution in [-0.4, -0.2) is 12.4 Å². The molecule has 0 amide bonds. The van der Waals surface area contributed by atoms with Crippen molar-refractivity contribution in [3.8, 4) is 0 Å². The molecule has 3 heteroatoms. The lowest BCUT2D eigenvalue weighted by Gasteiger charge is -2.02. The number of benzene rings is 1. The highest BCUT2D eigenvalue weighted by Crippen LogP contribution is 2.17. The zero-order valence-electron chi connectivity index (χ0n) is 7.50. The SMILES string of the molecule is O=C(C1=CCCO1)c1ccc(Cl)cc1. The van der Waals surface area contributed by atoms with Crippen LogP contribution in [0.2, 0.25) is 5.02 Å². The highest BCUT2D eigenvalue weighted by atomic mass is 35.5. The summed E-state index contributed by atoms with van der Waals surface area (Å²) in [6.45, 7) is 0.606. The van der Waals surface area contributed by atoms with E-state index < -0.39 is 0 Å². The maximum Gasteiger partial charge on any atom is 0.227 e. The number of Topliss-reactive ketones (excluding diaryl/α,β-unsaturated/α-hetero) is 1. The number of hydrogen-bond acceptors (Lipinski definition) is 2. The van der Waals surface area contributed by atoms with Crippen molar-refractivity contribution in [2.24, 2.45) is 0 Å². The van der Waals surface area contributed by atoms with E-state index in [1.54, 1.807) is 24.3 Å². The molecule has 0 unspecified atom stereocenters. The molecule has 14 heavy (non-hydrogen) atoms. The van der Waals surface area contributed by atoms with Crippen LogP contribution in [0.25, 0.3) is 0 Å². The standard InChI is InChI=1S/C11H9ClO2/c12-9-5-3-8(4-6-9)11(13)10-2-1-7-14-10/h2-6H,1,7H2. The van der Waals surface area contributed by atoms with E-state index in [0.29, 0.717) is 23.0 Å². The number of ketones is 1. The number of hydrogen-bond donors (Lipinski definition) is 0. The Hall–Kier alpha value is -1.28. The third-order valence-corrected chi connectivity index (χ3v) is 2.29. The van der Waals surface area contributed by atoms with E-state index in [2.05, 4.69) is 0 Å². The van der Waals surface area contributed by atoms with Gasteiger partial charge < -0.3 is 4.74 Å². The summed E-state index contributed by atoms with van der Waals surface area (Å²) in [5, 5.41) is 0.628. The summed E-state index contributed by atoms with van der Waals surface area (Å²) in [5.41, 5.74) is 0.613. The fourth-order valence-electron chi connectivity index (χ4n) is 1.32. The van der Waals surface area contributed by atoms with E-state index >= 15 is 0 Å². The first-order valence-corrected chi connectivity index (χ1v) is 4.78. The Bertz CT molecular complexity index is 379. The molecule has 0 aliphatic carbocycles. The average Bonchev–Trinajstić information content (AvgIpc) is 2.71. The van der Waals surface area contributed by atoms with Crippen LogP contribution in [0.5, 0.6) is 0 Å². The predicted octanol–water partition coefficient (Wildman–Crippen LogP) is 2.83. The largest absolute Gasteiger partial charge is 0.489 e. The van der Waals surface area contributed by atoms with Gasteiger partial charge in [0, 0.05) is 17.0 Å². The van der Waals surface area contributed by atoms with Crippen molar-refractivity contribution < 1.29 is 9.53 Å². The first-order chi connectivity index (χ1) is 6.77. The number of carbonyl (C=O) groups excluding carboxylic acids is 1. The molecule has 0 saturated carbocycles. The lowest BCUT2D eigenvalue weighted by atomic mass is 10.1. The first kappa shape index (κ1) is 9.28. The summed E-state index contributed by atoms with van der Waals surface area (Å²) < 4.78 is 5.18. The molecule has 0 radical (unpaired) electrons. The normalized spacial score (nSPS) is 14.8. The van der Waals surface area contributed by atoms with Crippen LogP contribution < -0.4 is 0 Å². The van der Waals surface area contributed by atoms with E-state index in [0.717, 1.165) is 6.42 Å². The highest BCUT2D eigenvalue weighted by Gasteiger charge is 2.16. The third kappa shape index (κ3) is 1.80. The van der Waals surface area contributed by atoms with Gasteiger partial charge in [-0.3, -0.25) is 4.79 Å². The molecule has 2 rings (SSSR count). The second-order valence-electron chi connectivity index (χ2n) is 3.04. The minimum atomic E-state index is -0.0702. The van der Waals surface area contributed by atoms with Crippen LogP contribution in [0.4, 0.5) is 0 Å². The van der Waals surface area contributed by atoms with Crippen molar-refractivity contribution in [1.29, 1.82) is 0 Å². The number of rotatable bonds is 2. The minimum absolute atomic E-state index is 0.0702. The number of halogens is 1. The fourth-order valence-corrected chi connectivity index (χ4v) is 1.45. The number of allylic oxidation sites excluding steroid dienone is 1. The summed E-state index contributed by atoms with van der Waals surface area (Å²) >= 11 is 5.72. The van der Waals surface area contributed by atoms with Crippen LogP contribution in [0.1, 0.15) is 16.8 Å². The molecule has 1 heterocycles. The molecule has 72 valence electrons. The topological polar surface area (TPSA) is 26.3 Å². The lowest BCUT2D eigenvalue weighted by Crippen LogP contribution is -2.03. The zero-order chi connectivity index (χ0) is 9.97. The molecule has 0 saturated heterocycles. The van der Waals surface area contributed by atoms with Gasteiger partial charge in [-0.2, -0.15) is 0 Å². The van der Waals surface area contributed by atoms with E-state index in [9.17, 15) is 4.79 Å². The molecule has 1 aromatic carbocycles. The first-order valence-electron chi connectivity index (χ1n) is 4.40. The van der Waals surface area contributed by atoms with Crippen molar-refractivity contribution in [3.05, 3.63) is 46.7 Å². The van der Waals surface area contributed by atoms with Crippen molar-refractivity contribution in [2.45, 2.75) is 6.42 Å². The summed E-state index contributed by atoms with van der Waals surface area (Å²) in [5.74, 6) is 0.381. The fraction of sp³-hybridized carbons (Fsp3) is 0.182. The van der Waals surface area contributed by atoms with Crippen LogP contribution in [-0.2, 0) is 4.74 Å². The summed E-state index contributed by atoms with van der Waals surface area (Å²) in [4.78, 5) is 11.7. The van der Waals surface area contributed by atoms with Gasteiger partial charge in [0.1, 0.15) is 0 Å². The number of ether oxygens (including phenoxy) is 1. The molecular weight excluding hydrogens is 200 g/mol. The summed E-state index contributed by atoms with van der Waals surface area (Å²) in [6, 6.07) is 6.80. The molecule has 2 nitrogen and oxygen atoms in total. The second kappa shape index (κ2) is 3.84. The van der Waals surface area contributed by atoms with Crippen LogP contribution in [0, 0.1) is 0 Å².